The first-order chi connectivity index (χ1) is 12.2. The molecule has 0 saturated carbocycles. The number of hydrogen-bond acceptors (Lipinski definition) is 6. The molecule has 4 rings (SSSR count). The van der Waals surface area contributed by atoms with Crippen LogP contribution < -0.4 is 5.32 Å². The molecule has 0 radical (unpaired) electrons. The van der Waals surface area contributed by atoms with E-state index in [1.807, 2.05) is 29.6 Å². The van der Waals surface area contributed by atoms with Gasteiger partial charge < -0.3 is 10.1 Å². The molecule has 0 spiro atoms. The van der Waals surface area contributed by atoms with Crippen LogP contribution in [0.25, 0.3) is 11.3 Å². The third kappa shape index (κ3) is 3.14. The summed E-state index contributed by atoms with van der Waals surface area (Å²) in [4.78, 5) is 32.5. The highest BCUT2D eigenvalue weighted by molar-refractivity contribution is 7.14. The molecule has 2 aromatic heterocycles. The van der Waals surface area contributed by atoms with Gasteiger partial charge in [0.2, 0.25) is 5.91 Å². The van der Waals surface area contributed by atoms with Gasteiger partial charge in [-0.25, -0.2) is 9.78 Å². The van der Waals surface area contributed by atoms with Crippen LogP contribution >= 0.6 is 11.3 Å². The third-order valence-electron chi connectivity index (χ3n) is 3.87. The standard InChI is InChI=1S/C18H13N3O3S/c22-16(9-15-12-3-1-2-4-13(12)17(23)24-15)21-18-20-14(10-25-18)11-5-7-19-8-6-11/h1-8,10,15H,9H2,(H,20,21,22). The minimum absolute atomic E-state index is 0.0624. The molecule has 25 heavy (non-hydrogen) atoms. The lowest BCUT2D eigenvalue weighted by Gasteiger charge is -2.09. The first kappa shape index (κ1) is 15.5. The second-order valence-corrected chi connectivity index (χ2v) is 6.37. The number of amides is 1. The monoisotopic (exact) mass is 351 g/mol. The molecule has 0 bridgehead atoms. The van der Waals surface area contributed by atoms with E-state index in [1.54, 1.807) is 24.5 Å². The van der Waals surface area contributed by atoms with Crippen LogP contribution in [0.5, 0.6) is 0 Å². The van der Waals surface area contributed by atoms with Gasteiger partial charge in [-0.3, -0.25) is 9.78 Å². The molecule has 3 heterocycles. The predicted molar refractivity (Wildman–Crippen MR) is 93.2 cm³/mol. The summed E-state index contributed by atoms with van der Waals surface area (Å²) in [5, 5.41) is 5.15. The lowest BCUT2D eigenvalue weighted by molar-refractivity contribution is -0.118. The van der Waals surface area contributed by atoms with Crippen LogP contribution in [0.15, 0.2) is 54.2 Å². The van der Waals surface area contributed by atoms with Gasteiger partial charge in [0.15, 0.2) is 5.13 Å². The van der Waals surface area contributed by atoms with E-state index in [-0.39, 0.29) is 18.3 Å². The SMILES string of the molecule is O=C(CC1OC(=O)c2ccccc21)Nc1nc(-c2ccncc2)cs1. The fourth-order valence-electron chi connectivity index (χ4n) is 2.70. The maximum absolute atomic E-state index is 12.3. The van der Waals surface area contributed by atoms with E-state index >= 15 is 0 Å². The first-order valence-electron chi connectivity index (χ1n) is 7.66. The summed E-state index contributed by atoms with van der Waals surface area (Å²) < 4.78 is 5.29. The Labute approximate surface area is 147 Å². The molecule has 1 amide bonds. The number of ether oxygens (including phenoxy) is 1. The Hall–Kier alpha value is -3.06. The summed E-state index contributed by atoms with van der Waals surface area (Å²) in [6.07, 6.45) is 2.90. The Balaban J connectivity index is 1.44. The summed E-state index contributed by atoms with van der Waals surface area (Å²) in [6, 6.07) is 10.8. The number of nitrogens with zero attached hydrogens (tertiary/aromatic N) is 2. The van der Waals surface area contributed by atoms with E-state index in [0.717, 1.165) is 16.8 Å². The lowest BCUT2D eigenvalue weighted by atomic mass is 10.0. The molecule has 0 saturated heterocycles. The fraction of sp³-hybridized carbons (Fsp3) is 0.111. The number of carbonyl (C=O) groups is 2. The number of cyclic esters (lactones) is 1. The van der Waals surface area contributed by atoms with Crippen molar-refractivity contribution in [3.05, 3.63) is 65.3 Å². The Morgan fingerprint density at radius 1 is 1.20 bits per heavy atom. The minimum atomic E-state index is -0.552. The Kier molecular flexibility index (Phi) is 3.99. The van der Waals surface area contributed by atoms with Crippen LogP contribution in [0.1, 0.15) is 28.4 Å². The van der Waals surface area contributed by atoms with Gasteiger partial charge in [0.25, 0.3) is 0 Å². The van der Waals surface area contributed by atoms with Crippen LogP contribution in [0.2, 0.25) is 0 Å². The van der Waals surface area contributed by atoms with E-state index in [9.17, 15) is 9.59 Å². The predicted octanol–water partition coefficient (Wildman–Crippen LogP) is 3.45. The van der Waals surface area contributed by atoms with Crippen LogP contribution in [0.3, 0.4) is 0 Å². The van der Waals surface area contributed by atoms with E-state index in [2.05, 4.69) is 15.3 Å². The first-order valence-corrected chi connectivity index (χ1v) is 8.54. The lowest BCUT2D eigenvalue weighted by Crippen LogP contribution is -2.15. The molecular weight excluding hydrogens is 338 g/mol. The van der Waals surface area contributed by atoms with E-state index in [1.165, 1.54) is 11.3 Å². The van der Waals surface area contributed by atoms with Crippen molar-refractivity contribution < 1.29 is 14.3 Å². The van der Waals surface area contributed by atoms with Gasteiger partial charge in [0.1, 0.15) is 6.10 Å². The molecule has 1 aromatic carbocycles. The molecule has 3 aromatic rings. The third-order valence-corrected chi connectivity index (χ3v) is 4.63. The zero-order chi connectivity index (χ0) is 17.2. The number of benzene rings is 1. The number of thiazole rings is 1. The van der Waals surface area contributed by atoms with Crippen molar-refractivity contribution in [2.45, 2.75) is 12.5 Å². The topological polar surface area (TPSA) is 81.2 Å². The van der Waals surface area contributed by atoms with Crippen molar-refractivity contribution >= 4 is 28.3 Å². The summed E-state index contributed by atoms with van der Waals surface area (Å²) in [5.41, 5.74) is 2.99. The molecule has 1 unspecified atom stereocenters. The Bertz CT molecular complexity index is 940. The molecule has 6 nitrogen and oxygen atoms in total. The van der Waals surface area contributed by atoms with Gasteiger partial charge in [-0.15, -0.1) is 11.3 Å². The van der Waals surface area contributed by atoms with E-state index in [4.69, 9.17) is 4.74 Å². The normalized spacial score (nSPS) is 15.5. The molecule has 1 atom stereocenters. The van der Waals surface area contributed by atoms with Gasteiger partial charge in [0, 0.05) is 28.9 Å². The highest BCUT2D eigenvalue weighted by Gasteiger charge is 2.32. The molecule has 7 heteroatoms. The van der Waals surface area contributed by atoms with E-state index < -0.39 is 6.10 Å². The highest BCUT2D eigenvalue weighted by atomic mass is 32.1. The molecule has 1 aliphatic heterocycles. The fourth-order valence-corrected chi connectivity index (χ4v) is 3.43. The molecule has 1 N–H and O–H groups in total. The summed E-state index contributed by atoms with van der Waals surface area (Å²) in [6.45, 7) is 0. The zero-order valence-corrected chi connectivity index (χ0v) is 13.8. The number of anilines is 1. The maximum atomic E-state index is 12.3. The van der Waals surface area contributed by atoms with Crippen LogP contribution in [-0.2, 0) is 9.53 Å². The number of nitrogens with one attached hydrogen (secondary N) is 1. The number of aromatic nitrogens is 2. The van der Waals surface area contributed by atoms with Gasteiger partial charge in [-0.05, 0) is 18.2 Å². The van der Waals surface area contributed by atoms with E-state index in [0.29, 0.717) is 10.7 Å². The number of hydrogen-bond donors (Lipinski definition) is 1. The van der Waals surface area contributed by atoms with Gasteiger partial charge in [-0.1, -0.05) is 18.2 Å². The number of pyridine rings is 1. The minimum Gasteiger partial charge on any atom is -0.453 e. The van der Waals surface area contributed by atoms with Crippen LogP contribution in [0.4, 0.5) is 5.13 Å². The Morgan fingerprint density at radius 2 is 2.00 bits per heavy atom. The van der Waals surface area contributed by atoms with Crippen molar-refractivity contribution in [2.75, 3.05) is 5.32 Å². The van der Waals surface area contributed by atoms with Crippen molar-refractivity contribution in [1.29, 1.82) is 0 Å². The van der Waals surface area contributed by atoms with Gasteiger partial charge >= 0.3 is 5.97 Å². The molecule has 124 valence electrons. The number of carbonyl (C=O) groups excluding carboxylic acids is 2. The molecular formula is C18H13N3O3S. The van der Waals surface area contributed by atoms with Crippen molar-refractivity contribution in [3.8, 4) is 11.3 Å². The summed E-state index contributed by atoms with van der Waals surface area (Å²) in [5.74, 6) is -0.632. The molecule has 0 fully saturated rings. The Morgan fingerprint density at radius 3 is 2.84 bits per heavy atom. The van der Waals surface area contributed by atoms with Crippen LogP contribution in [0, 0.1) is 0 Å². The molecule has 0 aliphatic carbocycles. The van der Waals surface area contributed by atoms with Crippen LogP contribution in [-0.4, -0.2) is 21.8 Å². The quantitative estimate of drug-likeness (QED) is 0.728. The second-order valence-electron chi connectivity index (χ2n) is 5.51. The number of fused-ring (bicyclic) bond motifs is 1. The summed E-state index contributed by atoms with van der Waals surface area (Å²) in [7, 11) is 0. The largest absolute Gasteiger partial charge is 0.453 e. The van der Waals surface area contributed by atoms with Crippen molar-refractivity contribution in [3.63, 3.8) is 0 Å². The maximum Gasteiger partial charge on any atom is 0.339 e. The van der Waals surface area contributed by atoms with Gasteiger partial charge in [0.05, 0.1) is 17.7 Å². The molecule has 1 aliphatic rings. The van der Waals surface area contributed by atoms with Crippen molar-refractivity contribution in [2.24, 2.45) is 0 Å². The summed E-state index contributed by atoms with van der Waals surface area (Å²) >= 11 is 1.35. The number of esters is 1. The average molecular weight is 351 g/mol. The number of rotatable bonds is 4. The second kappa shape index (κ2) is 6.45. The average Bonchev–Trinajstić information content (AvgIpc) is 3.21. The van der Waals surface area contributed by atoms with Crippen molar-refractivity contribution in [1.82, 2.24) is 9.97 Å². The smallest absolute Gasteiger partial charge is 0.339 e. The van der Waals surface area contributed by atoms with Gasteiger partial charge in [-0.2, -0.15) is 0 Å². The highest BCUT2D eigenvalue weighted by Crippen LogP contribution is 2.33. The zero-order valence-electron chi connectivity index (χ0n) is 13.0.